The molecule has 0 aliphatic heterocycles. The van der Waals surface area contributed by atoms with Gasteiger partial charge < -0.3 is 5.32 Å². The van der Waals surface area contributed by atoms with Crippen LogP contribution in [0.1, 0.15) is 6.42 Å². The third kappa shape index (κ3) is 4.51. The van der Waals surface area contributed by atoms with E-state index in [-0.39, 0.29) is 10.9 Å². The number of amides is 1. The van der Waals surface area contributed by atoms with Gasteiger partial charge in [0.1, 0.15) is 5.82 Å². The zero-order valence-corrected chi connectivity index (χ0v) is 12.0. The molecule has 0 bridgehead atoms. The van der Waals surface area contributed by atoms with Crippen molar-refractivity contribution >= 4 is 35.0 Å². The molecule has 0 saturated carbocycles. The fraction of sp³-hybridized carbons (Fsp3) is 0.143. The van der Waals surface area contributed by atoms with Gasteiger partial charge in [-0.05, 0) is 30.3 Å². The number of aromatic nitrogens is 1. The molecule has 1 aromatic heterocycles. The Morgan fingerprint density at radius 3 is 2.90 bits per heavy atom. The van der Waals surface area contributed by atoms with Crippen molar-refractivity contribution in [3.8, 4) is 0 Å². The lowest BCUT2D eigenvalue weighted by molar-refractivity contribution is -0.115. The van der Waals surface area contributed by atoms with Crippen molar-refractivity contribution in [1.29, 1.82) is 0 Å². The van der Waals surface area contributed by atoms with E-state index in [1.54, 1.807) is 6.20 Å². The predicted molar refractivity (Wildman–Crippen MR) is 79.6 cm³/mol. The molecule has 0 radical (unpaired) electrons. The summed E-state index contributed by atoms with van der Waals surface area (Å²) >= 11 is 7.15. The van der Waals surface area contributed by atoms with Gasteiger partial charge in [-0.2, -0.15) is 0 Å². The molecule has 0 atom stereocenters. The summed E-state index contributed by atoms with van der Waals surface area (Å²) in [5.74, 6) is -0.0240. The van der Waals surface area contributed by atoms with Crippen LogP contribution in [0.4, 0.5) is 10.1 Å². The number of benzene rings is 1. The summed E-state index contributed by atoms with van der Waals surface area (Å²) in [4.78, 5) is 15.9. The van der Waals surface area contributed by atoms with Crippen LogP contribution in [0.25, 0.3) is 0 Å². The second-order valence-corrected chi connectivity index (χ2v) is 5.47. The average Bonchev–Trinajstić information content (AvgIpc) is 2.44. The van der Waals surface area contributed by atoms with Gasteiger partial charge in [0.25, 0.3) is 0 Å². The molecule has 0 spiro atoms. The van der Waals surface area contributed by atoms with E-state index in [0.29, 0.717) is 17.9 Å². The van der Waals surface area contributed by atoms with Crippen LogP contribution in [0.15, 0.2) is 47.6 Å². The second kappa shape index (κ2) is 7.26. The lowest BCUT2D eigenvalue weighted by Gasteiger charge is -2.05. The number of hydrogen-bond acceptors (Lipinski definition) is 3. The largest absolute Gasteiger partial charge is 0.326 e. The Labute approximate surface area is 125 Å². The topological polar surface area (TPSA) is 42.0 Å². The first-order chi connectivity index (χ1) is 9.65. The molecule has 1 amide bonds. The number of nitrogens with one attached hydrogen (secondary N) is 1. The van der Waals surface area contributed by atoms with E-state index in [1.165, 1.54) is 30.0 Å². The highest BCUT2D eigenvalue weighted by atomic mass is 35.5. The van der Waals surface area contributed by atoms with Gasteiger partial charge in [0.05, 0.1) is 10.0 Å². The third-order valence-corrected chi connectivity index (χ3v) is 3.66. The molecule has 0 unspecified atom stereocenters. The van der Waals surface area contributed by atoms with Gasteiger partial charge in [0.2, 0.25) is 5.91 Å². The molecule has 0 aliphatic rings. The van der Waals surface area contributed by atoms with E-state index in [4.69, 9.17) is 11.6 Å². The molecule has 6 heteroatoms. The van der Waals surface area contributed by atoms with E-state index in [1.807, 2.05) is 18.2 Å². The first kappa shape index (κ1) is 14.8. The predicted octanol–water partition coefficient (Wildman–Crippen LogP) is 4.00. The smallest absolute Gasteiger partial charge is 0.225 e. The number of nitrogens with zero attached hydrogens (tertiary/aromatic N) is 1. The van der Waals surface area contributed by atoms with E-state index in [9.17, 15) is 9.18 Å². The average molecular weight is 311 g/mol. The third-order valence-electron chi connectivity index (χ3n) is 2.42. The molecular formula is C14H12ClFN2OS. The number of thioether (sulfide) groups is 1. The molecule has 3 nitrogen and oxygen atoms in total. The molecule has 0 aliphatic carbocycles. The van der Waals surface area contributed by atoms with Gasteiger partial charge in [0, 0.05) is 24.1 Å². The molecule has 2 rings (SSSR count). The Kier molecular flexibility index (Phi) is 5.38. The lowest BCUT2D eigenvalue weighted by Crippen LogP contribution is -2.12. The molecule has 1 heterocycles. The standard InChI is InChI=1S/C14H12ClFN2OS/c15-11-9-10(4-5-12(11)16)18-13(19)6-8-20-14-3-1-2-7-17-14/h1-5,7,9H,6,8H2,(H,18,19). The lowest BCUT2D eigenvalue weighted by atomic mass is 10.3. The second-order valence-electron chi connectivity index (χ2n) is 3.94. The molecule has 104 valence electrons. The van der Waals surface area contributed by atoms with Crippen molar-refractivity contribution in [1.82, 2.24) is 4.98 Å². The maximum atomic E-state index is 13.0. The normalized spacial score (nSPS) is 10.3. The molecule has 20 heavy (non-hydrogen) atoms. The van der Waals surface area contributed by atoms with Crippen LogP contribution < -0.4 is 5.32 Å². The summed E-state index contributed by atoms with van der Waals surface area (Å²) in [5.41, 5.74) is 0.490. The summed E-state index contributed by atoms with van der Waals surface area (Å²) < 4.78 is 13.0. The van der Waals surface area contributed by atoms with Crippen LogP contribution in [0.3, 0.4) is 0 Å². The summed E-state index contributed by atoms with van der Waals surface area (Å²) in [6.07, 6.45) is 2.05. The quantitative estimate of drug-likeness (QED) is 0.849. The van der Waals surface area contributed by atoms with Gasteiger partial charge in [-0.25, -0.2) is 9.37 Å². The Morgan fingerprint density at radius 1 is 1.35 bits per heavy atom. The number of anilines is 1. The Hall–Kier alpha value is -1.59. The number of halogens is 2. The van der Waals surface area contributed by atoms with Crippen LogP contribution in [0.2, 0.25) is 5.02 Å². The Bertz CT molecular complexity index is 595. The van der Waals surface area contributed by atoms with E-state index < -0.39 is 5.82 Å². The van der Waals surface area contributed by atoms with E-state index in [0.717, 1.165) is 5.03 Å². The van der Waals surface area contributed by atoms with Crippen molar-refractivity contribution in [2.75, 3.05) is 11.1 Å². The summed E-state index contributed by atoms with van der Waals surface area (Å²) in [6.45, 7) is 0. The highest BCUT2D eigenvalue weighted by molar-refractivity contribution is 7.99. The minimum Gasteiger partial charge on any atom is -0.326 e. The number of hydrogen-bond donors (Lipinski definition) is 1. The zero-order valence-electron chi connectivity index (χ0n) is 10.5. The number of pyridine rings is 1. The van der Waals surface area contributed by atoms with Crippen molar-refractivity contribution in [2.45, 2.75) is 11.4 Å². The van der Waals surface area contributed by atoms with Crippen LogP contribution in [-0.4, -0.2) is 16.6 Å². The van der Waals surface area contributed by atoms with Crippen molar-refractivity contribution in [3.63, 3.8) is 0 Å². The van der Waals surface area contributed by atoms with Crippen molar-refractivity contribution < 1.29 is 9.18 Å². The van der Waals surface area contributed by atoms with Crippen LogP contribution in [0, 0.1) is 5.82 Å². The number of rotatable bonds is 5. The first-order valence-corrected chi connectivity index (χ1v) is 7.30. The molecule has 1 N–H and O–H groups in total. The highest BCUT2D eigenvalue weighted by Gasteiger charge is 2.05. The van der Waals surface area contributed by atoms with Gasteiger partial charge >= 0.3 is 0 Å². The number of carbonyl (C=O) groups excluding carboxylic acids is 1. The van der Waals surface area contributed by atoms with Crippen LogP contribution in [0.5, 0.6) is 0 Å². The fourth-order valence-corrected chi connectivity index (χ4v) is 2.47. The zero-order chi connectivity index (χ0) is 14.4. The van der Waals surface area contributed by atoms with Gasteiger partial charge in [-0.3, -0.25) is 4.79 Å². The summed E-state index contributed by atoms with van der Waals surface area (Å²) in [5, 5.41) is 3.54. The maximum absolute atomic E-state index is 13.0. The molecule has 2 aromatic rings. The van der Waals surface area contributed by atoms with Crippen LogP contribution in [-0.2, 0) is 4.79 Å². The SMILES string of the molecule is O=C(CCSc1ccccn1)Nc1ccc(F)c(Cl)c1. The fourth-order valence-electron chi connectivity index (χ4n) is 1.48. The van der Waals surface area contributed by atoms with Crippen molar-refractivity contribution in [3.05, 3.63) is 53.4 Å². The van der Waals surface area contributed by atoms with E-state index >= 15 is 0 Å². The van der Waals surface area contributed by atoms with Crippen molar-refractivity contribution in [2.24, 2.45) is 0 Å². The maximum Gasteiger partial charge on any atom is 0.225 e. The first-order valence-electron chi connectivity index (χ1n) is 5.94. The monoisotopic (exact) mass is 310 g/mol. The molecule has 0 saturated heterocycles. The molecule has 0 fully saturated rings. The minimum absolute atomic E-state index is 0.00865. The molecule has 1 aromatic carbocycles. The minimum atomic E-state index is -0.504. The summed E-state index contributed by atoms with van der Waals surface area (Å²) in [6, 6.07) is 9.72. The Balaban J connectivity index is 1.79. The Morgan fingerprint density at radius 2 is 2.20 bits per heavy atom. The van der Waals surface area contributed by atoms with Gasteiger partial charge in [-0.15, -0.1) is 11.8 Å². The van der Waals surface area contributed by atoms with Gasteiger partial charge in [-0.1, -0.05) is 17.7 Å². The van der Waals surface area contributed by atoms with Gasteiger partial charge in [0.15, 0.2) is 0 Å². The van der Waals surface area contributed by atoms with E-state index in [2.05, 4.69) is 10.3 Å². The number of carbonyl (C=O) groups is 1. The summed E-state index contributed by atoms with van der Waals surface area (Å²) in [7, 11) is 0. The highest BCUT2D eigenvalue weighted by Crippen LogP contribution is 2.20. The molecular weight excluding hydrogens is 299 g/mol. The van der Waals surface area contributed by atoms with Crippen LogP contribution >= 0.6 is 23.4 Å².